The number of aromatic nitrogens is 4. The fourth-order valence-corrected chi connectivity index (χ4v) is 4.47. The van der Waals surface area contributed by atoms with Crippen molar-refractivity contribution in [1.82, 2.24) is 29.1 Å². The van der Waals surface area contributed by atoms with Gasteiger partial charge in [0.25, 0.3) is 0 Å². The molecule has 0 radical (unpaired) electrons. The van der Waals surface area contributed by atoms with E-state index < -0.39 is 0 Å². The summed E-state index contributed by atoms with van der Waals surface area (Å²) in [6, 6.07) is 8.26. The van der Waals surface area contributed by atoms with E-state index in [4.69, 9.17) is 4.99 Å². The van der Waals surface area contributed by atoms with Gasteiger partial charge in [0.1, 0.15) is 5.82 Å². The first kappa shape index (κ1) is 20.6. The Bertz CT molecular complexity index is 970. The highest BCUT2D eigenvalue weighted by Gasteiger charge is 2.21. The molecule has 0 saturated carbocycles. The van der Waals surface area contributed by atoms with Crippen LogP contribution in [0.15, 0.2) is 35.6 Å². The average Bonchev–Trinajstić information content (AvgIpc) is 3.43. The molecule has 3 heterocycles. The highest BCUT2D eigenvalue weighted by molar-refractivity contribution is 7.09. The normalized spacial score (nSPS) is 15.2. The fraction of sp³-hybridized carbons (Fsp3) is 0.524. The summed E-state index contributed by atoms with van der Waals surface area (Å²) < 4.78 is 6.63. The molecule has 0 atom stereocenters. The Morgan fingerprint density at radius 2 is 2.00 bits per heavy atom. The van der Waals surface area contributed by atoms with Crippen LogP contribution >= 0.6 is 11.5 Å². The van der Waals surface area contributed by atoms with Gasteiger partial charge in [0, 0.05) is 63.8 Å². The molecular weight excluding hydrogens is 396 g/mol. The predicted molar refractivity (Wildman–Crippen MR) is 123 cm³/mol. The number of hydrogen-bond donors (Lipinski definition) is 1. The number of guanidine groups is 1. The van der Waals surface area contributed by atoms with Crippen LogP contribution in [-0.4, -0.2) is 69.0 Å². The lowest BCUT2D eigenvalue weighted by molar-refractivity contribution is 0.372. The summed E-state index contributed by atoms with van der Waals surface area (Å²) in [6.45, 7) is 10.6. The van der Waals surface area contributed by atoms with Crippen molar-refractivity contribution in [2.45, 2.75) is 33.2 Å². The minimum absolute atomic E-state index is 0.797. The van der Waals surface area contributed by atoms with Crippen LogP contribution < -0.4 is 10.2 Å². The summed E-state index contributed by atoms with van der Waals surface area (Å²) in [5.74, 6) is 1.96. The SMILES string of the molecule is CCNC(=NCCCn1cnc2ccccc21)N1CCN(c2nc(CC)ns2)CC1. The summed E-state index contributed by atoms with van der Waals surface area (Å²) >= 11 is 1.51. The smallest absolute Gasteiger partial charge is 0.205 e. The first-order chi connectivity index (χ1) is 14.8. The van der Waals surface area contributed by atoms with Crippen molar-refractivity contribution in [2.24, 2.45) is 4.99 Å². The molecule has 1 aliphatic heterocycles. The van der Waals surface area contributed by atoms with Gasteiger partial charge in [-0.05, 0) is 25.5 Å². The van der Waals surface area contributed by atoms with Crippen LogP contribution in [0.5, 0.6) is 0 Å². The minimum atomic E-state index is 0.797. The molecule has 9 heteroatoms. The maximum Gasteiger partial charge on any atom is 0.205 e. The number of imidazole rings is 1. The van der Waals surface area contributed by atoms with Crippen molar-refractivity contribution in [3.8, 4) is 0 Å². The molecule has 1 aliphatic rings. The van der Waals surface area contributed by atoms with Crippen molar-refractivity contribution in [3.63, 3.8) is 0 Å². The predicted octanol–water partition coefficient (Wildman–Crippen LogP) is 2.63. The van der Waals surface area contributed by atoms with Gasteiger partial charge in [-0.3, -0.25) is 4.99 Å². The lowest BCUT2D eigenvalue weighted by Crippen LogP contribution is -2.52. The molecule has 3 aromatic rings. The molecule has 4 rings (SSSR count). The Balaban J connectivity index is 1.30. The van der Waals surface area contributed by atoms with Gasteiger partial charge >= 0.3 is 0 Å². The number of nitrogens with one attached hydrogen (secondary N) is 1. The van der Waals surface area contributed by atoms with Crippen molar-refractivity contribution >= 4 is 33.7 Å². The molecule has 2 aromatic heterocycles. The number of rotatable bonds is 7. The molecular formula is C21H30N8S. The fourth-order valence-electron chi connectivity index (χ4n) is 3.67. The van der Waals surface area contributed by atoms with E-state index in [1.165, 1.54) is 17.0 Å². The van der Waals surface area contributed by atoms with E-state index >= 15 is 0 Å². The first-order valence-electron chi connectivity index (χ1n) is 10.8. The lowest BCUT2D eigenvalue weighted by Gasteiger charge is -2.36. The second kappa shape index (κ2) is 9.88. The van der Waals surface area contributed by atoms with Gasteiger partial charge in [-0.15, -0.1) is 0 Å². The second-order valence-electron chi connectivity index (χ2n) is 7.34. The summed E-state index contributed by atoms with van der Waals surface area (Å²) in [7, 11) is 0. The number of nitrogens with zero attached hydrogens (tertiary/aromatic N) is 7. The Morgan fingerprint density at radius 1 is 1.17 bits per heavy atom. The van der Waals surface area contributed by atoms with Crippen LogP contribution in [0.3, 0.4) is 0 Å². The van der Waals surface area contributed by atoms with E-state index in [2.05, 4.69) is 66.1 Å². The van der Waals surface area contributed by atoms with Gasteiger partial charge in [-0.2, -0.15) is 4.37 Å². The van der Waals surface area contributed by atoms with Gasteiger partial charge in [0.2, 0.25) is 5.13 Å². The standard InChI is InChI=1S/C21H30N8S/c1-3-19-25-21(30-26-19)28-14-12-27(13-15-28)20(22-4-2)23-10-7-11-29-16-24-17-8-5-6-9-18(17)29/h5-6,8-9,16H,3-4,7,10-15H2,1-2H3,(H,22,23). The van der Waals surface area contributed by atoms with E-state index in [0.717, 1.165) is 81.1 Å². The van der Waals surface area contributed by atoms with E-state index in [1.807, 2.05) is 12.4 Å². The van der Waals surface area contributed by atoms with E-state index in [-0.39, 0.29) is 0 Å². The molecule has 0 aliphatic carbocycles. The molecule has 1 aromatic carbocycles. The van der Waals surface area contributed by atoms with Crippen LogP contribution in [0, 0.1) is 0 Å². The zero-order chi connectivity index (χ0) is 20.8. The quantitative estimate of drug-likeness (QED) is 0.356. The minimum Gasteiger partial charge on any atom is -0.357 e. The maximum absolute atomic E-state index is 4.89. The van der Waals surface area contributed by atoms with Crippen LogP contribution in [0.25, 0.3) is 11.0 Å². The van der Waals surface area contributed by atoms with Crippen LogP contribution in [0.4, 0.5) is 5.13 Å². The monoisotopic (exact) mass is 426 g/mol. The maximum atomic E-state index is 4.89. The number of anilines is 1. The van der Waals surface area contributed by atoms with Crippen molar-refractivity contribution in [3.05, 3.63) is 36.4 Å². The Morgan fingerprint density at radius 3 is 2.77 bits per heavy atom. The summed E-state index contributed by atoms with van der Waals surface area (Å²) in [5, 5.41) is 4.50. The Labute approximate surface area is 181 Å². The molecule has 0 unspecified atom stereocenters. The van der Waals surface area contributed by atoms with Gasteiger partial charge in [-0.1, -0.05) is 19.1 Å². The number of hydrogen-bond acceptors (Lipinski definition) is 6. The van der Waals surface area contributed by atoms with Gasteiger partial charge in [0.15, 0.2) is 5.96 Å². The van der Waals surface area contributed by atoms with Crippen molar-refractivity contribution in [1.29, 1.82) is 0 Å². The number of fused-ring (bicyclic) bond motifs is 1. The Hall–Kier alpha value is -2.68. The number of para-hydroxylation sites is 2. The molecule has 0 amide bonds. The zero-order valence-corrected chi connectivity index (χ0v) is 18.6. The summed E-state index contributed by atoms with van der Waals surface area (Å²) in [4.78, 5) is 18.7. The number of aliphatic imine (C=N–C) groups is 1. The third kappa shape index (κ3) is 4.72. The first-order valence-corrected chi connectivity index (χ1v) is 11.6. The van der Waals surface area contributed by atoms with E-state index in [0.29, 0.717) is 0 Å². The van der Waals surface area contributed by atoms with Crippen molar-refractivity contribution in [2.75, 3.05) is 44.2 Å². The Kier molecular flexibility index (Phi) is 6.78. The molecule has 8 nitrogen and oxygen atoms in total. The molecule has 0 bridgehead atoms. The third-order valence-electron chi connectivity index (χ3n) is 5.30. The van der Waals surface area contributed by atoms with E-state index in [9.17, 15) is 0 Å². The molecule has 1 saturated heterocycles. The van der Waals surface area contributed by atoms with Gasteiger partial charge in [-0.25, -0.2) is 9.97 Å². The number of benzene rings is 1. The van der Waals surface area contributed by atoms with Crippen molar-refractivity contribution < 1.29 is 0 Å². The van der Waals surface area contributed by atoms with E-state index in [1.54, 1.807) is 0 Å². The largest absolute Gasteiger partial charge is 0.357 e. The number of piperazine rings is 1. The van der Waals surface area contributed by atoms with Crippen LogP contribution in [0.2, 0.25) is 0 Å². The highest BCUT2D eigenvalue weighted by atomic mass is 32.1. The van der Waals surface area contributed by atoms with Gasteiger partial charge in [0.05, 0.1) is 17.4 Å². The van der Waals surface area contributed by atoms with Crippen LogP contribution in [0.1, 0.15) is 26.1 Å². The number of aryl methyl sites for hydroxylation is 2. The third-order valence-corrected chi connectivity index (χ3v) is 6.12. The van der Waals surface area contributed by atoms with Gasteiger partial charge < -0.3 is 19.7 Å². The topological polar surface area (TPSA) is 74.5 Å². The second-order valence-corrected chi connectivity index (χ2v) is 8.07. The molecule has 160 valence electrons. The molecule has 1 N–H and O–H groups in total. The lowest BCUT2D eigenvalue weighted by atomic mass is 10.3. The summed E-state index contributed by atoms with van der Waals surface area (Å²) in [5.41, 5.74) is 2.24. The molecule has 1 fully saturated rings. The molecule has 0 spiro atoms. The van der Waals surface area contributed by atoms with Crippen LogP contribution in [-0.2, 0) is 13.0 Å². The zero-order valence-electron chi connectivity index (χ0n) is 17.8. The summed E-state index contributed by atoms with van der Waals surface area (Å²) in [6.07, 6.45) is 3.80. The highest BCUT2D eigenvalue weighted by Crippen LogP contribution is 2.19. The average molecular weight is 427 g/mol. The molecule has 30 heavy (non-hydrogen) atoms.